The molecule has 1 aliphatic carbocycles. The summed E-state index contributed by atoms with van der Waals surface area (Å²) in [5, 5.41) is 0. The van der Waals surface area contributed by atoms with E-state index in [0.717, 1.165) is 6.42 Å². The highest BCUT2D eigenvalue weighted by Crippen LogP contribution is 2.34. The van der Waals surface area contributed by atoms with E-state index in [0.29, 0.717) is 0 Å². The molecule has 0 nitrogen and oxygen atoms in total. The second-order valence-corrected chi connectivity index (χ2v) is 4.00. The molecule has 0 aromatic heterocycles. The van der Waals surface area contributed by atoms with Gasteiger partial charge in [-0.1, -0.05) is 54.8 Å². The number of hydrogen-bond donors (Lipinski definition) is 0. The average molecular weight is 191 g/mol. The molecule has 1 aliphatic rings. The van der Waals surface area contributed by atoms with Crippen molar-refractivity contribution in [2.45, 2.75) is 13.2 Å². The van der Waals surface area contributed by atoms with Crippen LogP contribution in [0.15, 0.2) is 42.5 Å². The Morgan fingerprint density at radius 2 is 1.73 bits per heavy atom. The lowest BCUT2D eigenvalue weighted by Crippen LogP contribution is -2.15. The van der Waals surface area contributed by atoms with Crippen molar-refractivity contribution in [2.75, 3.05) is 0 Å². The molecule has 15 heavy (non-hydrogen) atoms. The predicted octanol–water partition coefficient (Wildman–Crippen LogP) is 2.64. The van der Waals surface area contributed by atoms with Crippen molar-refractivity contribution in [2.24, 2.45) is 0 Å². The molecule has 1 heteroatoms. The van der Waals surface area contributed by atoms with Crippen LogP contribution in [0.3, 0.4) is 0 Å². The molecule has 0 spiro atoms. The van der Waals surface area contributed by atoms with Gasteiger partial charge in [0.15, 0.2) is 0 Å². The molecule has 0 saturated heterocycles. The Morgan fingerprint density at radius 3 is 2.60 bits per heavy atom. The van der Waals surface area contributed by atoms with Crippen molar-refractivity contribution in [3.8, 4) is 11.1 Å². The lowest BCUT2D eigenvalue weighted by molar-refractivity contribution is 1.28. The zero-order valence-electron chi connectivity index (χ0n) is 8.83. The van der Waals surface area contributed by atoms with Gasteiger partial charge in [0.05, 0.1) is 0 Å². The zero-order chi connectivity index (χ0) is 10.3. The average Bonchev–Trinajstić information content (AvgIpc) is 2.67. The molecule has 2 aromatic carbocycles. The Morgan fingerprint density at radius 1 is 0.933 bits per heavy atom. The van der Waals surface area contributed by atoms with Gasteiger partial charge in [-0.05, 0) is 28.7 Å². The highest BCUT2D eigenvalue weighted by Gasteiger charge is 2.19. The summed E-state index contributed by atoms with van der Waals surface area (Å²) >= 11 is 0. The Hall–Kier alpha value is -1.50. The number of fused-ring (bicyclic) bond motifs is 3. The zero-order valence-corrected chi connectivity index (χ0v) is 8.83. The van der Waals surface area contributed by atoms with Gasteiger partial charge in [-0.3, -0.25) is 0 Å². The highest BCUT2D eigenvalue weighted by molar-refractivity contribution is 6.52. The first-order valence-electron chi connectivity index (χ1n) is 5.39. The van der Waals surface area contributed by atoms with Crippen LogP contribution in [0.25, 0.3) is 11.1 Å². The van der Waals surface area contributed by atoms with Gasteiger partial charge in [0.2, 0.25) is 0 Å². The SMILES string of the molecule is C[B]c1cccc2c1Cc1ccccc1-2. The molecule has 0 amide bonds. The molecule has 0 heterocycles. The summed E-state index contributed by atoms with van der Waals surface area (Å²) in [6.45, 7) is 2.11. The van der Waals surface area contributed by atoms with Crippen molar-refractivity contribution in [3.05, 3.63) is 53.6 Å². The molecule has 2 aromatic rings. The van der Waals surface area contributed by atoms with Gasteiger partial charge < -0.3 is 0 Å². The van der Waals surface area contributed by atoms with Gasteiger partial charge >= 0.3 is 0 Å². The van der Waals surface area contributed by atoms with Gasteiger partial charge in [-0.25, -0.2) is 0 Å². The van der Waals surface area contributed by atoms with E-state index >= 15 is 0 Å². The molecular weight excluding hydrogens is 179 g/mol. The molecule has 1 radical (unpaired) electrons. The van der Waals surface area contributed by atoms with Crippen LogP contribution < -0.4 is 5.46 Å². The van der Waals surface area contributed by atoms with Crippen LogP contribution in [-0.2, 0) is 6.42 Å². The van der Waals surface area contributed by atoms with Crippen molar-refractivity contribution >= 4 is 12.7 Å². The number of benzene rings is 2. The van der Waals surface area contributed by atoms with E-state index in [4.69, 9.17) is 0 Å². The van der Waals surface area contributed by atoms with Gasteiger partial charge in [0, 0.05) is 0 Å². The second-order valence-electron chi connectivity index (χ2n) is 4.00. The first kappa shape index (κ1) is 8.78. The highest BCUT2D eigenvalue weighted by atomic mass is 14.2. The smallest absolute Gasteiger partial charge is 0.0872 e. The maximum Gasteiger partial charge on any atom is 0.148 e. The quantitative estimate of drug-likeness (QED) is 0.518. The topological polar surface area (TPSA) is 0 Å². The van der Waals surface area contributed by atoms with Crippen LogP contribution >= 0.6 is 0 Å². The summed E-state index contributed by atoms with van der Waals surface area (Å²) in [5.41, 5.74) is 7.16. The summed E-state index contributed by atoms with van der Waals surface area (Å²) in [4.78, 5) is 0. The van der Waals surface area contributed by atoms with Crippen molar-refractivity contribution < 1.29 is 0 Å². The fourth-order valence-corrected chi connectivity index (χ4v) is 2.45. The molecular formula is C14H12B. The maximum atomic E-state index is 2.23. The molecule has 0 bridgehead atoms. The van der Waals surface area contributed by atoms with Crippen molar-refractivity contribution in [3.63, 3.8) is 0 Å². The Bertz CT molecular complexity index is 514. The Kier molecular flexibility index (Phi) is 1.91. The third kappa shape index (κ3) is 1.23. The molecule has 71 valence electrons. The molecule has 0 N–H and O–H groups in total. The monoisotopic (exact) mass is 191 g/mol. The number of rotatable bonds is 1. The predicted molar refractivity (Wildman–Crippen MR) is 65.9 cm³/mol. The van der Waals surface area contributed by atoms with Crippen molar-refractivity contribution in [1.29, 1.82) is 0 Å². The van der Waals surface area contributed by atoms with Crippen LogP contribution in [0, 0.1) is 0 Å². The first-order chi connectivity index (χ1) is 7.40. The lowest BCUT2D eigenvalue weighted by atomic mass is 9.70. The summed E-state index contributed by atoms with van der Waals surface area (Å²) in [7, 11) is 2.20. The van der Waals surface area contributed by atoms with E-state index in [1.165, 1.54) is 27.7 Å². The van der Waals surface area contributed by atoms with Crippen LogP contribution in [0.1, 0.15) is 11.1 Å². The molecule has 0 fully saturated rings. The fourth-order valence-electron chi connectivity index (χ4n) is 2.45. The molecule has 0 unspecified atom stereocenters. The van der Waals surface area contributed by atoms with E-state index < -0.39 is 0 Å². The Balaban J connectivity index is 2.26. The minimum Gasteiger partial charge on any atom is -0.0872 e. The van der Waals surface area contributed by atoms with Crippen LogP contribution in [0.5, 0.6) is 0 Å². The summed E-state index contributed by atoms with van der Waals surface area (Å²) < 4.78 is 0. The van der Waals surface area contributed by atoms with Crippen LogP contribution in [0.4, 0.5) is 0 Å². The first-order valence-corrected chi connectivity index (χ1v) is 5.39. The molecule has 0 aliphatic heterocycles. The largest absolute Gasteiger partial charge is 0.148 e. The van der Waals surface area contributed by atoms with Crippen LogP contribution in [-0.4, -0.2) is 7.28 Å². The van der Waals surface area contributed by atoms with E-state index in [9.17, 15) is 0 Å². The summed E-state index contributed by atoms with van der Waals surface area (Å²) in [6.07, 6.45) is 1.09. The molecule has 3 rings (SSSR count). The van der Waals surface area contributed by atoms with Gasteiger partial charge in [0.25, 0.3) is 0 Å². The van der Waals surface area contributed by atoms with Gasteiger partial charge in [-0.15, -0.1) is 0 Å². The summed E-state index contributed by atoms with van der Waals surface area (Å²) in [5.74, 6) is 0. The van der Waals surface area contributed by atoms with E-state index in [-0.39, 0.29) is 0 Å². The second kappa shape index (κ2) is 3.27. The lowest BCUT2D eigenvalue weighted by Gasteiger charge is -2.04. The van der Waals surface area contributed by atoms with E-state index in [1.54, 1.807) is 0 Å². The minimum absolute atomic E-state index is 1.09. The molecule has 0 saturated carbocycles. The molecule has 0 atom stereocenters. The third-order valence-corrected chi connectivity index (χ3v) is 3.20. The third-order valence-electron chi connectivity index (χ3n) is 3.20. The van der Waals surface area contributed by atoms with Gasteiger partial charge in [-0.2, -0.15) is 0 Å². The van der Waals surface area contributed by atoms with E-state index in [2.05, 4.69) is 56.6 Å². The summed E-state index contributed by atoms with van der Waals surface area (Å²) in [6, 6.07) is 15.3. The fraction of sp³-hybridized carbons (Fsp3) is 0.143. The minimum atomic E-state index is 1.09. The standard InChI is InChI=1S/C14H12B/c1-15-14-8-4-7-12-11-6-3-2-5-10(11)9-13(12)14/h2-8H,9H2,1H3. The van der Waals surface area contributed by atoms with Gasteiger partial charge in [0.1, 0.15) is 7.28 Å². The van der Waals surface area contributed by atoms with Crippen molar-refractivity contribution in [1.82, 2.24) is 0 Å². The normalized spacial score (nSPS) is 12.1. The Labute approximate surface area is 91.2 Å². The maximum absolute atomic E-state index is 2.23. The van der Waals surface area contributed by atoms with Crippen LogP contribution in [0.2, 0.25) is 6.82 Å². The van der Waals surface area contributed by atoms with E-state index in [1.807, 2.05) is 0 Å². The number of hydrogen-bond acceptors (Lipinski definition) is 0.